The molecule has 0 unspecified atom stereocenters. The third-order valence-corrected chi connectivity index (χ3v) is 2.47. The molecule has 1 amide bonds. The number of nitrogens with one attached hydrogen (secondary N) is 2. The number of anilines is 1. The lowest BCUT2D eigenvalue weighted by molar-refractivity contribution is -0.114. The Balaban J connectivity index is 2.00. The average molecular weight is 220 g/mol. The van der Waals surface area contributed by atoms with Crippen molar-refractivity contribution in [2.45, 2.75) is 19.4 Å². The van der Waals surface area contributed by atoms with E-state index in [1.54, 1.807) is 0 Å². The van der Waals surface area contributed by atoms with Gasteiger partial charge in [-0.1, -0.05) is 6.07 Å². The fourth-order valence-electron chi connectivity index (χ4n) is 1.77. The minimum Gasteiger partial charge on any atom is -0.489 e. The molecule has 1 aromatic rings. The Bertz CT molecular complexity index is 373. The van der Waals surface area contributed by atoms with Gasteiger partial charge in [0.2, 0.25) is 5.91 Å². The van der Waals surface area contributed by atoms with Gasteiger partial charge in [-0.2, -0.15) is 0 Å². The van der Waals surface area contributed by atoms with Crippen LogP contribution in [0.4, 0.5) is 5.69 Å². The SMILES string of the molecule is CC(=O)Nc1cccc(O[C@@H]2CCNC2)c1. The molecule has 0 radical (unpaired) electrons. The quantitative estimate of drug-likeness (QED) is 0.809. The summed E-state index contributed by atoms with van der Waals surface area (Å²) in [6.07, 6.45) is 1.28. The van der Waals surface area contributed by atoms with Gasteiger partial charge in [-0.25, -0.2) is 0 Å². The maximum absolute atomic E-state index is 10.9. The van der Waals surface area contributed by atoms with E-state index in [1.165, 1.54) is 6.92 Å². The van der Waals surface area contributed by atoms with Gasteiger partial charge in [-0.3, -0.25) is 4.79 Å². The number of rotatable bonds is 3. The maximum Gasteiger partial charge on any atom is 0.221 e. The van der Waals surface area contributed by atoms with Crippen LogP contribution in [0.15, 0.2) is 24.3 Å². The number of benzene rings is 1. The van der Waals surface area contributed by atoms with Crippen LogP contribution in [0.25, 0.3) is 0 Å². The first kappa shape index (κ1) is 11.0. The Morgan fingerprint density at radius 1 is 1.56 bits per heavy atom. The fourth-order valence-corrected chi connectivity index (χ4v) is 1.77. The van der Waals surface area contributed by atoms with Crippen LogP contribution in [0, 0.1) is 0 Å². The van der Waals surface area contributed by atoms with E-state index in [2.05, 4.69) is 10.6 Å². The second-order valence-electron chi connectivity index (χ2n) is 3.94. The van der Waals surface area contributed by atoms with Gasteiger partial charge in [0.25, 0.3) is 0 Å². The summed E-state index contributed by atoms with van der Waals surface area (Å²) in [5.74, 6) is 0.736. The van der Waals surface area contributed by atoms with Crippen molar-refractivity contribution in [3.05, 3.63) is 24.3 Å². The number of carbonyl (C=O) groups excluding carboxylic acids is 1. The predicted molar refractivity (Wildman–Crippen MR) is 62.6 cm³/mol. The Kier molecular flexibility index (Phi) is 3.41. The van der Waals surface area contributed by atoms with Gasteiger partial charge in [-0.05, 0) is 25.1 Å². The minimum atomic E-state index is -0.0697. The Hall–Kier alpha value is -1.55. The van der Waals surface area contributed by atoms with E-state index in [4.69, 9.17) is 4.74 Å². The van der Waals surface area contributed by atoms with E-state index in [0.29, 0.717) is 0 Å². The molecular weight excluding hydrogens is 204 g/mol. The van der Waals surface area contributed by atoms with Crippen LogP contribution in [0.2, 0.25) is 0 Å². The smallest absolute Gasteiger partial charge is 0.221 e. The molecule has 0 spiro atoms. The van der Waals surface area contributed by atoms with Crippen molar-refractivity contribution in [3.63, 3.8) is 0 Å². The van der Waals surface area contributed by atoms with Gasteiger partial charge < -0.3 is 15.4 Å². The first-order chi connectivity index (χ1) is 7.74. The summed E-state index contributed by atoms with van der Waals surface area (Å²) < 4.78 is 5.78. The van der Waals surface area contributed by atoms with Crippen molar-refractivity contribution in [2.75, 3.05) is 18.4 Å². The second-order valence-corrected chi connectivity index (χ2v) is 3.94. The summed E-state index contributed by atoms with van der Waals surface area (Å²) in [5.41, 5.74) is 0.774. The first-order valence-corrected chi connectivity index (χ1v) is 5.49. The van der Waals surface area contributed by atoms with Crippen molar-refractivity contribution >= 4 is 11.6 Å². The summed E-state index contributed by atoms with van der Waals surface area (Å²) in [4.78, 5) is 10.9. The summed E-state index contributed by atoms with van der Waals surface area (Å²) >= 11 is 0. The van der Waals surface area contributed by atoms with Gasteiger partial charge in [0.1, 0.15) is 11.9 Å². The number of carbonyl (C=O) groups is 1. The third kappa shape index (κ3) is 2.97. The van der Waals surface area contributed by atoms with Crippen LogP contribution in [0.3, 0.4) is 0 Å². The number of hydrogen-bond donors (Lipinski definition) is 2. The molecule has 2 rings (SSSR count). The number of amides is 1. The molecular formula is C12H16N2O2. The molecule has 4 nitrogen and oxygen atoms in total. The minimum absolute atomic E-state index is 0.0697. The number of ether oxygens (including phenoxy) is 1. The molecule has 0 bridgehead atoms. The van der Waals surface area contributed by atoms with Crippen LogP contribution in [0.5, 0.6) is 5.75 Å². The molecule has 0 aromatic heterocycles. The van der Waals surface area contributed by atoms with Crippen LogP contribution >= 0.6 is 0 Å². The van der Waals surface area contributed by atoms with E-state index in [9.17, 15) is 4.79 Å². The highest BCUT2D eigenvalue weighted by molar-refractivity contribution is 5.88. The fraction of sp³-hybridized carbons (Fsp3) is 0.417. The van der Waals surface area contributed by atoms with Gasteiger partial charge in [0.15, 0.2) is 0 Å². The van der Waals surface area contributed by atoms with E-state index >= 15 is 0 Å². The van der Waals surface area contributed by atoms with Gasteiger partial charge in [0.05, 0.1) is 0 Å². The average Bonchev–Trinajstić information content (AvgIpc) is 2.70. The Labute approximate surface area is 95.0 Å². The van der Waals surface area contributed by atoms with Crippen LogP contribution < -0.4 is 15.4 Å². The number of hydrogen-bond acceptors (Lipinski definition) is 3. The zero-order valence-electron chi connectivity index (χ0n) is 9.32. The lowest BCUT2D eigenvalue weighted by Gasteiger charge is -2.13. The van der Waals surface area contributed by atoms with Crippen LogP contribution in [-0.4, -0.2) is 25.1 Å². The molecule has 1 saturated heterocycles. The molecule has 1 heterocycles. The largest absolute Gasteiger partial charge is 0.489 e. The molecule has 0 aliphatic carbocycles. The second kappa shape index (κ2) is 4.99. The van der Waals surface area contributed by atoms with Crippen molar-refractivity contribution in [1.29, 1.82) is 0 Å². The molecule has 1 fully saturated rings. The van der Waals surface area contributed by atoms with Crippen molar-refractivity contribution in [1.82, 2.24) is 5.32 Å². The molecule has 4 heteroatoms. The zero-order chi connectivity index (χ0) is 11.4. The van der Waals surface area contributed by atoms with Crippen molar-refractivity contribution < 1.29 is 9.53 Å². The van der Waals surface area contributed by atoms with E-state index in [-0.39, 0.29) is 12.0 Å². The van der Waals surface area contributed by atoms with E-state index in [0.717, 1.165) is 30.9 Å². The highest BCUT2D eigenvalue weighted by atomic mass is 16.5. The van der Waals surface area contributed by atoms with Gasteiger partial charge >= 0.3 is 0 Å². The van der Waals surface area contributed by atoms with Crippen LogP contribution in [0.1, 0.15) is 13.3 Å². The normalized spacial score (nSPS) is 19.4. The Morgan fingerprint density at radius 2 is 2.44 bits per heavy atom. The topological polar surface area (TPSA) is 50.4 Å². The summed E-state index contributed by atoms with van der Waals surface area (Å²) in [6, 6.07) is 7.48. The molecule has 1 aromatic carbocycles. The third-order valence-electron chi connectivity index (χ3n) is 2.47. The lowest BCUT2D eigenvalue weighted by atomic mass is 10.2. The highest BCUT2D eigenvalue weighted by Crippen LogP contribution is 2.19. The summed E-state index contributed by atoms with van der Waals surface area (Å²) in [7, 11) is 0. The maximum atomic E-state index is 10.9. The monoisotopic (exact) mass is 220 g/mol. The van der Waals surface area contributed by atoms with Crippen molar-refractivity contribution in [3.8, 4) is 5.75 Å². The standard InChI is InChI=1S/C12H16N2O2/c1-9(15)14-10-3-2-4-11(7-10)16-12-5-6-13-8-12/h2-4,7,12-13H,5-6,8H2,1H3,(H,14,15)/t12-/m1/s1. The lowest BCUT2D eigenvalue weighted by Crippen LogP contribution is -2.19. The summed E-state index contributed by atoms with van der Waals surface area (Å²) in [5, 5.41) is 5.98. The summed E-state index contributed by atoms with van der Waals surface area (Å²) in [6.45, 7) is 3.40. The van der Waals surface area contributed by atoms with Gasteiger partial charge in [0, 0.05) is 25.2 Å². The predicted octanol–water partition coefficient (Wildman–Crippen LogP) is 1.39. The molecule has 1 aliphatic rings. The van der Waals surface area contributed by atoms with Crippen LogP contribution in [-0.2, 0) is 4.79 Å². The molecule has 86 valence electrons. The van der Waals surface area contributed by atoms with E-state index < -0.39 is 0 Å². The van der Waals surface area contributed by atoms with E-state index in [1.807, 2.05) is 24.3 Å². The first-order valence-electron chi connectivity index (χ1n) is 5.49. The van der Waals surface area contributed by atoms with Crippen molar-refractivity contribution in [2.24, 2.45) is 0 Å². The highest BCUT2D eigenvalue weighted by Gasteiger charge is 2.15. The Morgan fingerprint density at radius 3 is 3.12 bits per heavy atom. The molecule has 16 heavy (non-hydrogen) atoms. The molecule has 2 N–H and O–H groups in total. The molecule has 1 atom stereocenters. The molecule has 0 saturated carbocycles. The zero-order valence-corrected chi connectivity index (χ0v) is 9.32. The molecule has 1 aliphatic heterocycles. The van der Waals surface area contributed by atoms with Gasteiger partial charge in [-0.15, -0.1) is 0 Å².